The van der Waals surface area contributed by atoms with Crippen LogP contribution in [0.4, 0.5) is 5.69 Å². The molecule has 0 unspecified atom stereocenters. The Morgan fingerprint density at radius 3 is 2.59 bits per heavy atom. The van der Waals surface area contributed by atoms with Gasteiger partial charge in [-0.2, -0.15) is 0 Å². The van der Waals surface area contributed by atoms with Crippen molar-refractivity contribution in [1.29, 1.82) is 0 Å². The van der Waals surface area contributed by atoms with Crippen molar-refractivity contribution < 1.29 is 9.53 Å². The smallest absolute Gasteiger partial charge is 0.251 e. The molecule has 1 N–H and O–H groups in total. The van der Waals surface area contributed by atoms with Crippen LogP contribution in [0.1, 0.15) is 22.3 Å². The lowest BCUT2D eigenvalue weighted by Crippen LogP contribution is -2.47. The molecule has 5 heteroatoms. The van der Waals surface area contributed by atoms with E-state index in [-0.39, 0.29) is 5.91 Å². The first kappa shape index (κ1) is 19.2. The Hall–Kier alpha value is -2.53. The van der Waals surface area contributed by atoms with Crippen LogP contribution in [0.3, 0.4) is 0 Å². The maximum Gasteiger partial charge on any atom is 0.251 e. The number of hydrogen-bond donors (Lipinski definition) is 1. The molecule has 0 radical (unpaired) electrons. The summed E-state index contributed by atoms with van der Waals surface area (Å²) in [6.45, 7) is 7.77. The summed E-state index contributed by atoms with van der Waals surface area (Å²) in [5, 5.41) is 3.02. The third kappa shape index (κ3) is 5.23. The van der Waals surface area contributed by atoms with E-state index < -0.39 is 0 Å². The van der Waals surface area contributed by atoms with E-state index in [0.717, 1.165) is 56.0 Å². The summed E-state index contributed by atoms with van der Waals surface area (Å²) in [6.07, 6.45) is 0.964. The molecule has 3 rings (SSSR count). The number of benzene rings is 2. The lowest BCUT2D eigenvalue weighted by atomic mass is 10.1. The number of carbonyl (C=O) groups excluding carboxylic acids is 1. The fourth-order valence-corrected chi connectivity index (χ4v) is 3.50. The van der Waals surface area contributed by atoms with Gasteiger partial charge in [-0.15, -0.1) is 0 Å². The van der Waals surface area contributed by atoms with Crippen molar-refractivity contribution in [3.05, 3.63) is 59.7 Å². The quantitative estimate of drug-likeness (QED) is 0.765. The molecule has 0 atom stereocenters. The van der Waals surface area contributed by atoms with Crippen LogP contribution in [-0.2, 0) is 0 Å². The molecule has 1 fully saturated rings. The van der Waals surface area contributed by atoms with Crippen molar-refractivity contribution in [2.45, 2.75) is 13.3 Å². The number of rotatable bonds is 7. The van der Waals surface area contributed by atoms with Gasteiger partial charge in [0.05, 0.1) is 12.8 Å². The highest BCUT2D eigenvalue weighted by Gasteiger charge is 2.19. The van der Waals surface area contributed by atoms with E-state index in [0.29, 0.717) is 6.54 Å². The number of methoxy groups -OCH3 is 1. The number of aryl methyl sites for hydroxylation is 1. The zero-order valence-corrected chi connectivity index (χ0v) is 16.3. The molecule has 1 amide bonds. The van der Waals surface area contributed by atoms with Gasteiger partial charge in [-0.05, 0) is 44.2 Å². The Bertz CT molecular complexity index is 755. The van der Waals surface area contributed by atoms with E-state index >= 15 is 0 Å². The van der Waals surface area contributed by atoms with Crippen molar-refractivity contribution in [1.82, 2.24) is 10.2 Å². The first-order valence-electron chi connectivity index (χ1n) is 9.62. The van der Waals surface area contributed by atoms with E-state index in [1.54, 1.807) is 7.11 Å². The van der Waals surface area contributed by atoms with Crippen LogP contribution >= 0.6 is 0 Å². The van der Waals surface area contributed by atoms with Crippen LogP contribution in [0.15, 0.2) is 48.5 Å². The van der Waals surface area contributed by atoms with Crippen LogP contribution in [0.5, 0.6) is 5.75 Å². The minimum atomic E-state index is 0.0136. The van der Waals surface area contributed by atoms with Crippen LogP contribution < -0.4 is 15.0 Å². The summed E-state index contributed by atoms with van der Waals surface area (Å²) in [4.78, 5) is 17.0. The molecule has 2 aromatic carbocycles. The topological polar surface area (TPSA) is 44.8 Å². The minimum Gasteiger partial charge on any atom is -0.495 e. The molecule has 0 aliphatic carbocycles. The lowest BCUT2D eigenvalue weighted by molar-refractivity contribution is 0.0951. The Kier molecular flexibility index (Phi) is 6.71. The number of nitrogens with one attached hydrogen (secondary N) is 1. The second-order valence-electron chi connectivity index (χ2n) is 6.98. The molecule has 1 saturated heterocycles. The van der Waals surface area contributed by atoms with Gasteiger partial charge < -0.3 is 15.0 Å². The monoisotopic (exact) mass is 367 g/mol. The molecule has 1 aliphatic rings. The summed E-state index contributed by atoms with van der Waals surface area (Å²) < 4.78 is 5.48. The molecular weight excluding hydrogens is 338 g/mol. The van der Waals surface area contributed by atoms with Crippen molar-refractivity contribution in [3.8, 4) is 5.75 Å². The molecule has 0 bridgehead atoms. The summed E-state index contributed by atoms with van der Waals surface area (Å²) >= 11 is 0. The van der Waals surface area contributed by atoms with Gasteiger partial charge in [0.25, 0.3) is 5.91 Å². The summed E-state index contributed by atoms with van der Waals surface area (Å²) in [6, 6.07) is 15.9. The lowest BCUT2D eigenvalue weighted by Gasteiger charge is -2.36. The Morgan fingerprint density at radius 2 is 1.85 bits per heavy atom. The Morgan fingerprint density at radius 1 is 1.07 bits per heavy atom. The maximum atomic E-state index is 12.2. The summed E-state index contributed by atoms with van der Waals surface area (Å²) in [5.41, 5.74) is 3.01. The van der Waals surface area contributed by atoms with Crippen LogP contribution in [0, 0.1) is 6.92 Å². The highest BCUT2D eigenvalue weighted by atomic mass is 16.5. The number of anilines is 1. The number of piperazine rings is 1. The van der Waals surface area contributed by atoms with E-state index in [9.17, 15) is 4.79 Å². The van der Waals surface area contributed by atoms with Gasteiger partial charge in [0.15, 0.2) is 0 Å². The predicted molar refractivity (Wildman–Crippen MR) is 110 cm³/mol. The molecular formula is C22H29N3O2. The largest absolute Gasteiger partial charge is 0.495 e. The third-order valence-corrected chi connectivity index (χ3v) is 5.02. The predicted octanol–water partition coefficient (Wildman–Crippen LogP) is 2.95. The first-order valence-corrected chi connectivity index (χ1v) is 9.62. The molecule has 5 nitrogen and oxygen atoms in total. The number of para-hydroxylation sites is 2. The molecule has 144 valence electrons. The molecule has 27 heavy (non-hydrogen) atoms. The molecule has 2 aromatic rings. The molecule has 1 heterocycles. The van der Waals surface area contributed by atoms with Gasteiger partial charge in [-0.1, -0.05) is 29.8 Å². The Labute approximate surface area is 161 Å². The van der Waals surface area contributed by atoms with E-state index in [1.165, 1.54) is 5.69 Å². The average Bonchev–Trinajstić information content (AvgIpc) is 2.71. The number of ether oxygens (including phenoxy) is 1. The highest BCUT2D eigenvalue weighted by molar-refractivity contribution is 5.94. The number of hydrogen-bond acceptors (Lipinski definition) is 4. The number of amides is 1. The van der Waals surface area contributed by atoms with Gasteiger partial charge in [-0.25, -0.2) is 0 Å². The number of carbonyl (C=O) groups is 1. The third-order valence-electron chi connectivity index (χ3n) is 5.02. The van der Waals surface area contributed by atoms with Gasteiger partial charge in [-0.3, -0.25) is 9.69 Å². The maximum absolute atomic E-state index is 12.2. The van der Waals surface area contributed by atoms with Crippen LogP contribution in [0.25, 0.3) is 0 Å². The fourth-order valence-electron chi connectivity index (χ4n) is 3.50. The fraction of sp³-hybridized carbons (Fsp3) is 0.409. The van der Waals surface area contributed by atoms with Crippen molar-refractivity contribution in [3.63, 3.8) is 0 Å². The average molecular weight is 367 g/mol. The Balaban J connectivity index is 1.38. The summed E-state index contributed by atoms with van der Waals surface area (Å²) in [7, 11) is 1.72. The first-order chi connectivity index (χ1) is 13.2. The normalized spacial score (nSPS) is 14.8. The van der Waals surface area contributed by atoms with Crippen molar-refractivity contribution in [2.75, 3.05) is 51.3 Å². The molecule has 0 aromatic heterocycles. The zero-order valence-electron chi connectivity index (χ0n) is 16.3. The van der Waals surface area contributed by atoms with E-state index in [2.05, 4.69) is 27.2 Å². The minimum absolute atomic E-state index is 0.0136. The zero-order chi connectivity index (χ0) is 19.1. The van der Waals surface area contributed by atoms with Gasteiger partial charge >= 0.3 is 0 Å². The molecule has 0 saturated carbocycles. The van der Waals surface area contributed by atoms with Crippen molar-refractivity contribution >= 4 is 11.6 Å². The SMILES string of the molecule is COc1ccccc1N1CCN(CCCNC(=O)c2cccc(C)c2)CC1. The molecule has 0 spiro atoms. The highest BCUT2D eigenvalue weighted by Crippen LogP contribution is 2.28. The van der Waals surface area contributed by atoms with Gasteiger partial charge in [0.1, 0.15) is 5.75 Å². The van der Waals surface area contributed by atoms with Gasteiger partial charge in [0.2, 0.25) is 0 Å². The van der Waals surface area contributed by atoms with E-state index in [1.807, 2.05) is 43.3 Å². The second kappa shape index (κ2) is 9.42. The van der Waals surface area contributed by atoms with Crippen LogP contribution in [0.2, 0.25) is 0 Å². The van der Waals surface area contributed by atoms with Gasteiger partial charge in [0, 0.05) is 38.3 Å². The van der Waals surface area contributed by atoms with Crippen molar-refractivity contribution in [2.24, 2.45) is 0 Å². The molecule has 1 aliphatic heterocycles. The second-order valence-corrected chi connectivity index (χ2v) is 6.98. The van der Waals surface area contributed by atoms with Crippen LogP contribution in [-0.4, -0.2) is 57.2 Å². The standard InChI is InChI=1S/C22H29N3O2/c1-18-7-5-8-19(17-18)22(26)23-11-6-12-24-13-15-25(16-14-24)20-9-3-4-10-21(20)27-2/h3-5,7-10,17H,6,11-16H2,1-2H3,(H,23,26). The van der Waals surface area contributed by atoms with E-state index in [4.69, 9.17) is 4.74 Å². The summed E-state index contributed by atoms with van der Waals surface area (Å²) in [5.74, 6) is 0.949. The number of nitrogens with zero attached hydrogens (tertiary/aromatic N) is 2.